The largest absolute Gasteiger partial charge is 0.478 e. The smallest absolute Gasteiger partial charge is 0.331 e. The molecule has 206 valence electrons. The van der Waals surface area contributed by atoms with E-state index in [4.69, 9.17) is 38.0 Å². The molecule has 9 heteroatoms. The molecule has 6 nitrogen and oxygen atoms in total. The van der Waals surface area contributed by atoms with Crippen molar-refractivity contribution in [2.75, 3.05) is 12.4 Å². The minimum absolute atomic E-state index is 0.0859. The maximum absolute atomic E-state index is 13.0. The molecule has 2 aromatic carbocycles. The van der Waals surface area contributed by atoms with Gasteiger partial charge in [-0.25, -0.2) is 9.78 Å². The normalized spacial score (nSPS) is 13.5. The number of fused-ring (bicyclic) bond motifs is 3. The number of aryl methyl sites for hydroxylation is 2. The van der Waals surface area contributed by atoms with Gasteiger partial charge in [0.25, 0.3) is 5.91 Å². The van der Waals surface area contributed by atoms with Crippen molar-refractivity contribution in [3.8, 4) is 11.3 Å². The van der Waals surface area contributed by atoms with E-state index in [9.17, 15) is 9.59 Å². The molecule has 3 aromatic rings. The van der Waals surface area contributed by atoms with Crippen LogP contribution in [0.2, 0.25) is 10.0 Å². The highest BCUT2D eigenvalue weighted by Crippen LogP contribution is 2.40. The summed E-state index contributed by atoms with van der Waals surface area (Å²) in [7, 11) is 1.80. The zero-order valence-electron chi connectivity index (χ0n) is 22.3. The molecule has 1 atom stereocenters. The average molecular weight is 588 g/mol. The van der Waals surface area contributed by atoms with Gasteiger partial charge >= 0.3 is 5.97 Å². The third kappa shape index (κ3) is 6.90. The van der Waals surface area contributed by atoms with Crippen LogP contribution in [0.3, 0.4) is 0 Å². The lowest BCUT2D eigenvalue weighted by molar-refractivity contribution is -0.132. The van der Waals surface area contributed by atoms with Gasteiger partial charge in [0.15, 0.2) is 5.13 Å². The Labute approximate surface area is 243 Å². The lowest BCUT2D eigenvalue weighted by atomic mass is 9.87. The maximum Gasteiger partial charge on any atom is 0.331 e. The van der Waals surface area contributed by atoms with Crippen LogP contribution in [-0.4, -0.2) is 35.2 Å². The Morgan fingerprint density at radius 3 is 2.62 bits per heavy atom. The van der Waals surface area contributed by atoms with Crippen LogP contribution < -0.4 is 5.32 Å². The summed E-state index contributed by atoms with van der Waals surface area (Å²) in [6.07, 6.45) is 8.85. The summed E-state index contributed by atoms with van der Waals surface area (Å²) in [5, 5.41) is 12.9. The number of nitrogens with one attached hydrogen (secondary N) is 1. The van der Waals surface area contributed by atoms with E-state index >= 15 is 0 Å². The number of nitrogens with zero attached hydrogens (tertiary/aromatic N) is 1. The number of hydrogen-bond acceptors (Lipinski definition) is 5. The Hall–Kier alpha value is -2.71. The molecule has 1 amide bonds. The second-order valence-corrected chi connectivity index (χ2v) is 11.6. The summed E-state index contributed by atoms with van der Waals surface area (Å²) >= 11 is 14.2. The maximum atomic E-state index is 13.0. The van der Waals surface area contributed by atoms with E-state index in [1.807, 2.05) is 0 Å². The van der Waals surface area contributed by atoms with Crippen molar-refractivity contribution >= 4 is 57.6 Å². The van der Waals surface area contributed by atoms with Crippen LogP contribution in [0.1, 0.15) is 71.5 Å². The Bertz CT molecular complexity index is 1390. The molecule has 1 aromatic heterocycles. The van der Waals surface area contributed by atoms with Gasteiger partial charge in [-0.3, -0.25) is 10.1 Å². The Balaban J connectivity index is 1.52. The van der Waals surface area contributed by atoms with Gasteiger partial charge in [-0.1, -0.05) is 61.2 Å². The van der Waals surface area contributed by atoms with Gasteiger partial charge in [0.2, 0.25) is 0 Å². The fourth-order valence-corrected chi connectivity index (χ4v) is 6.41. The molecule has 0 bridgehead atoms. The van der Waals surface area contributed by atoms with E-state index < -0.39 is 5.97 Å². The van der Waals surface area contributed by atoms with Crippen LogP contribution in [-0.2, 0) is 28.8 Å². The molecular formula is C30H32Cl2N2O4S. The van der Waals surface area contributed by atoms with Crippen molar-refractivity contribution in [2.45, 2.75) is 64.9 Å². The summed E-state index contributed by atoms with van der Waals surface area (Å²) in [5.74, 6) is -1.46. The fraction of sp³-hybridized carbons (Fsp3) is 0.367. The SMILES string of the molecule is CCCCC(CCc1cccc2c1CCc1sc(NC(=O)c3cc(Cl)c(/C=C(\C)C(=O)O)c(Cl)c3)nc1-2)OC. The quantitative estimate of drug-likeness (QED) is 0.221. The van der Waals surface area contributed by atoms with Crippen LogP contribution >= 0.6 is 34.5 Å². The van der Waals surface area contributed by atoms with Crippen LogP contribution in [0.15, 0.2) is 35.9 Å². The number of hydrogen-bond donors (Lipinski definition) is 2. The summed E-state index contributed by atoms with van der Waals surface area (Å²) in [5.41, 5.74) is 5.43. The van der Waals surface area contributed by atoms with Crippen LogP contribution in [0, 0.1) is 0 Å². The molecule has 0 radical (unpaired) electrons. The first-order chi connectivity index (χ1) is 18.7. The molecule has 2 N–H and O–H groups in total. The number of thiazole rings is 1. The zero-order valence-corrected chi connectivity index (χ0v) is 24.6. The van der Waals surface area contributed by atoms with Gasteiger partial charge in [0.05, 0.1) is 21.8 Å². The topological polar surface area (TPSA) is 88.5 Å². The number of amides is 1. The molecule has 4 rings (SSSR count). The molecule has 0 saturated heterocycles. The van der Waals surface area contributed by atoms with Gasteiger partial charge in [-0.15, -0.1) is 11.3 Å². The van der Waals surface area contributed by atoms with Gasteiger partial charge in [0.1, 0.15) is 0 Å². The Kier molecular flexibility index (Phi) is 9.83. The molecule has 1 aliphatic carbocycles. The number of methoxy groups -OCH3 is 1. The molecular weight excluding hydrogens is 555 g/mol. The van der Waals surface area contributed by atoms with Crippen molar-refractivity contribution in [2.24, 2.45) is 0 Å². The summed E-state index contributed by atoms with van der Waals surface area (Å²) in [4.78, 5) is 30.1. The minimum Gasteiger partial charge on any atom is -0.478 e. The number of aromatic nitrogens is 1. The number of carbonyl (C=O) groups is 2. The number of ether oxygens (including phenoxy) is 1. The number of carboxylic acid groups (broad SMARTS) is 1. The van der Waals surface area contributed by atoms with Crippen LogP contribution in [0.4, 0.5) is 5.13 Å². The zero-order chi connectivity index (χ0) is 28.1. The number of unbranched alkanes of at least 4 members (excludes halogenated alkanes) is 1. The predicted molar refractivity (Wildman–Crippen MR) is 159 cm³/mol. The molecule has 1 heterocycles. The van der Waals surface area contributed by atoms with E-state index in [0.717, 1.165) is 48.2 Å². The van der Waals surface area contributed by atoms with Gasteiger partial charge < -0.3 is 9.84 Å². The second-order valence-electron chi connectivity index (χ2n) is 9.71. The lowest BCUT2D eigenvalue weighted by Gasteiger charge is -2.20. The highest BCUT2D eigenvalue weighted by atomic mass is 35.5. The molecule has 39 heavy (non-hydrogen) atoms. The number of aliphatic carboxylic acids is 1. The first-order valence-electron chi connectivity index (χ1n) is 13.1. The van der Waals surface area contributed by atoms with Crippen molar-refractivity contribution in [1.82, 2.24) is 4.98 Å². The number of halogens is 2. The number of carboxylic acids is 1. The van der Waals surface area contributed by atoms with Gasteiger partial charge in [-0.05, 0) is 68.4 Å². The third-order valence-electron chi connectivity index (χ3n) is 7.04. The molecule has 1 unspecified atom stereocenters. The predicted octanol–water partition coefficient (Wildman–Crippen LogP) is 8.09. The molecule has 0 aliphatic heterocycles. The Morgan fingerprint density at radius 1 is 1.21 bits per heavy atom. The second kappa shape index (κ2) is 13.1. The standard InChI is InChI=1S/C30H32Cl2N2O4S/c1-4-5-8-20(38-3)11-10-18-7-6-9-22-21(18)12-13-26-27(22)33-30(39-26)34-28(35)19-15-24(31)23(25(32)16-19)14-17(2)29(36)37/h6-7,9,14-16,20H,4-5,8,10-13H2,1-3H3,(H,36,37)(H,33,34,35)/b17-14+. The van der Waals surface area contributed by atoms with E-state index in [1.165, 1.54) is 60.4 Å². The lowest BCUT2D eigenvalue weighted by Crippen LogP contribution is -2.13. The minimum atomic E-state index is -1.07. The number of carbonyl (C=O) groups excluding carboxylic acids is 1. The monoisotopic (exact) mass is 586 g/mol. The molecule has 1 aliphatic rings. The molecule has 0 saturated carbocycles. The summed E-state index contributed by atoms with van der Waals surface area (Å²) in [6.45, 7) is 3.65. The first-order valence-corrected chi connectivity index (χ1v) is 14.6. The van der Waals surface area contributed by atoms with E-state index in [0.29, 0.717) is 10.7 Å². The van der Waals surface area contributed by atoms with Crippen LogP contribution in [0.5, 0.6) is 0 Å². The number of rotatable bonds is 11. The summed E-state index contributed by atoms with van der Waals surface area (Å²) in [6, 6.07) is 9.35. The first kappa shape index (κ1) is 29.3. The highest BCUT2D eigenvalue weighted by molar-refractivity contribution is 7.16. The number of benzene rings is 2. The number of anilines is 1. The Morgan fingerprint density at radius 2 is 1.95 bits per heavy atom. The summed E-state index contributed by atoms with van der Waals surface area (Å²) < 4.78 is 5.70. The van der Waals surface area contributed by atoms with E-state index in [1.54, 1.807) is 7.11 Å². The molecule has 0 spiro atoms. The fourth-order valence-electron chi connectivity index (χ4n) is 4.84. The van der Waals surface area contributed by atoms with Crippen molar-refractivity contribution in [3.05, 3.63) is 73.1 Å². The van der Waals surface area contributed by atoms with Gasteiger partial charge in [-0.2, -0.15) is 0 Å². The van der Waals surface area contributed by atoms with Crippen molar-refractivity contribution in [3.63, 3.8) is 0 Å². The molecule has 0 fully saturated rings. The van der Waals surface area contributed by atoms with Gasteiger partial charge in [0, 0.05) is 34.3 Å². The van der Waals surface area contributed by atoms with E-state index in [-0.39, 0.29) is 33.2 Å². The van der Waals surface area contributed by atoms with E-state index in [2.05, 4.69) is 30.4 Å². The van der Waals surface area contributed by atoms with Crippen molar-refractivity contribution < 1.29 is 19.4 Å². The van der Waals surface area contributed by atoms with Crippen LogP contribution in [0.25, 0.3) is 17.3 Å². The third-order valence-corrected chi connectivity index (χ3v) is 8.69. The highest BCUT2D eigenvalue weighted by Gasteiger charge is 2.24. The van der Waals surface area contributed by atoms with Crippen molar-refractivity contribution in [1.29, 1.82) is 0 Å². The average Bonchev–Trinajstić information content (AvgIpc) is 3.33.